The van der Waals surface area contributed by atoms with Gasteiger partial charge in [-0.3, -0.25) is 4.98 Å². The molecule has 54 heavy (non-hydrogen) atoms. The van der Waals surface area contributed by atoms with Crippen molar-refractivity contribution in [2.45, 2.75) is 50.0 Å². The Morgan fingerprint density at radius 3 is 1.81 bits per heavy atom. The molecular weight excluding hydrogens is 751 g/mol. The summed E-state index contributed by atoms with van der Waals surface area (Å²) in [7, 11) is -3.69. The highest BCUT2D eigenvalue weighted by atomic mass is 32.2. The van der Waals surface area contributed by atoms with Gasteiger partial charge in [-0.1, -0.05) is 0 Å². The van der Waals surface area contributed by atoms with Gasteiger partial charge in [0.25, 0.3) is 20.4 Å². The van der Waals surface area contributed by atoms with Crippen LogP contribution in [0.15, 0.2) is 60.9 Å². The predicted molar refractivity (Wildman–Crippen MR) is 196 cm³/mol. The normalized spacial score (nSPS) is 25.8. The van der Waals surface area contributed by atoms with Crippen molar-refractivity contribution in [3.8, 4) is 11.5 Å². The number of hydrogen-bond acceptors (Lipinski definition) is 10. The molecule has 4 atom stereocenters. The van der Waals surface area contributed by atoms with Gasteiger partial charge < -0.3 is 30.6 Å². The monoisotopic (exact) mass is 794 g/mol. The number of aromatic nitrogens is 1. The maximum absolute atomic E-state index is 14.0. The maximum Gasteiger partial charge on any atom is 0.323 e. The predicted octanol–water partition coefficient (Wildman–Crippen LogP) is 3.09. The van der Waals surface area contributed by atoms with Gasteiger partial charge in [0.1, 0.15) is 35.3 Å². The second kappa shape index (κ2) is 16.7. The van der Waals surface area contributed by atoms with Gasteiger partial charge in [-0.05, 0) is 37.1 Å². The lowest BCUT2D eigenvalue weighted by atomic mass is 10.2. The first-order valence-electron chi connectivity index (χ1n) is 17.4. The van der Waals surface area contributed by atoms with Crippen molar-refractivity contribution in [1.29, 1.82) is 0 Å². The molecule has 2 amide bonds. The number of likely N-dealkylation sites (N-methyl/N-ethyl adjacent to an activating group) is 2. The van der Waals surface area contributed by atoms with Crippen molar-refractivity contribution in [3.05, 3.63) is 72.6 Å². The number of halogens is 2. The number of nitrogen functional groups attached to an aromatic ring is 1. The fourth-order valence-corrected chi connectivity index (χ4v) is 10.1. The fourth-order valence-electron chi connectivity index (χ4n) is 6.88. The quantitative estimate of drug-likeness (QED) is 0.313. The average Bonchev–Trinajstić information content (AvgIpc) is 3.92. The number of amides is 2. The van der Waals surface area contributed by atoms with Gasteiger partial charge in [0, 0.05) is 107 Å². The summed E-state index contributed by atoms with van der Waals surface area (Å²) in [6, 6.07) is 10.4. The Bertz CT molecular complexity index is 1990. The van der Waals surface area contributed by atoms with Gasteiger partial charge in [0.05, 0.1) is 25.0 Å². The minimum absolute atomic E-state index is 0.0686. The molecular formula is C34H44F2N8O8S2. The number of nitrogens with one attached hydrogen (secondary N) is 2. The summed E-state index contributed by atoms with van der Waals surface area (Å²) < 4.78 is 97.6. The zero-order chi connectivity index (χ0) is 38.6. The van der Waals surface area contributed by atoms with Gasteiger partial charge in [0.2, 0.25) is 0 Å². The first kappa shape index (κ1) is 39.5. The summed E-state index contributed by atoms with van der Waals surface area (Å²) >= 11 is 0. The number of nitrogens with zero attached hydrogens (tertiary/aromatic N) is 5. The van der Waals surface area contributed by atoms with Crippen LogP contribution in [0.3, 0.4) is 0 Å². The topological polar surface area (TPSA) is 189 Å². The van der Waals surface area contributed by atoms with E-state index in [1.807, 2.05) is 0 Å². The van der Waals surface area contributed by atoms with Crippen molar-refractivity contribution < 1.29 is 44.6 Å². The van der Waals surface area contributed by atoms with Crippen molar-refractivity contribution >= 4 is 43.5 Å². The molecule has 5 saturated heterocycles. The Hall–Kier alpha value is -4.18. The highest BCUT2D eigenvalue weighted by Crippen LogP contribution is 2.34. The van der Waals surface area contributed by atoms with Crippen LogP contribution in [0.5, 0.6) is 11.5 Å². The lowest BCUT2D eigenvalue weighted by Crippen LogP contribution is -2.34. The van der Waals surface area contributed by atoms with Gasteiger partial charge in [0.15, 0.2) is 0 Å². The number of fused-ring (bicyclic) bond motifs is 2. The third kappa shape index (κ3) is 9.54. The summed E-state index contributed by atoms with van der Waals surface area (Å²) in [5, 5.41) is 5.13. The number of pyridine rings is 1. The molecule has 3 aromatic rings. The van der Waals surface area contributed by atoms with Crippen LogP contribution < -0.4 is 25.8 Å². The first-order valence-corrected chi connectivity index (χ1v) is 20.2. The van der Waals surface area contributed by atoms with Gasteiger partial charge >= 0.3 is 6.03 Å². The van der Waals surface area contributed by atoms with Crippen LogP contribution in [0.2, 0.25) is 0 Å². The summed E-state index contributed by atoms with van der Waals surface area (Å²) in [4.78, 5) is 16.0. The van der Waals surface area contributed by atoms with Crippen LogP contribution in [0.25, 0.3) is 0 Å². The average molecular weight is 795 g/mol. The summed E-state index contributed by atoms with van der Waals surface area (Å²) in [5.74, 6) is -0.492. The SMILES string of the molecule is C1CCOC1.CN1CC2C[C@@H](Oc3cc(F)cc(NC(=O)Nc4cccnc4)c3)CN2S1(=O)=O.CN1CC2C[C@@H](Oc3cc(N)cc(F)c3)CN2S1(=O)=O. The molecule has 8 rings (SSSR count). The standard InChI is InChI=1S/C18H20FN5O4S.C12H16FN3O3S.C4H8O/c1-23-10-15-8-17(11-24(15)29(23,26)27)28-16-6-12(19)5-14(7-16)22-18(25)21-13-3-2-4-20-9-13;1-15-6-10-5-12(7-16(10)20(15,17)18)19-11-3-8(13)2-9(14)4-11;1-2-4-5-3-1/h2-7,9,15,17H,8,10-11H2,1H3,(H2,21,22,25);2-4,10,12H,5-7,14H2,1H3;1-4H2/t15?,17-;10?,12-;/m11./s1. The van der Waals surface area contributed by atoms with Crippen LogP contribution in [-0.2, 0) is 25.2 Å². The van der Waals surface area contributed by atoms with E-state index in [2.05, 4.69) is 15.6 Å². The Kier molecular flexibility index (Phi) is 12.2. The van der Waals surface area contributed by atoms with E-state index in [9.17, 15) is 30.4 Å². The smallest absolute Gasteiger partial charge is 0.323 e. The Balaban J connectivity index is 0.000000171. The van der Waals surface area contributed by atoms with E-state index in [1.54, 1.807) is 32.4 Å². The van der Waals surface area contributed by atoms with Crippen molar-refractivity contribution in [2.75, 3.05) is 69.9 Å². The lowest BCUT2D eigenvalue weighted by Gasteiger charge is -2.18. The Labute approximate surface area is 313 Å². The van der Waals surface area contributed by atoms with Crippen LogP contribution in [-0.4, -0.2) is 123 Å². The van der Waals surface area contributed by atoms with Crippen molar-refractivity contribution in [1.82, 2.24) is 22.2 Å². The molecule has 0 spiro atoms. The molecule has 0 bridgehead atoms. The largest absolute Gasteiger partial charge is 0.489 e. The van der Waals surface area contributed by atoms with Crippen molar-refractivity contribution in [2.24, 2.45) is 0 Å². The molecule has 0 radical (unpaired) electrons. The molecule has 5 aliphatic heterocycles. The minimum atomic E-state index is -3.45. The lowest BCUT2D eigenvalue weighted by molar-refractivity contribution is 0.198. The number of carbonyl (C=O) groups is 1. The molecule has 5 aliphatic rings. The van der Waals surface area contributed by atoms with E-state index < -0.39 is 38.1 Å². The summed E-state index contributed by atoms with van der Waals surface area (Å²) in [5.41, 5.74) is 6.55. The second-order valence-corrected chi connectivity index (χ2v) is 17.5. The third-order valence-electron chi connectivity index (χ3n) is 9.34. The molecule has 0 saturated carbocycles. The number of carbonyl (C=O) groups excluding carboxylic acids is 1. The third-order valence-corrected chi connectivity index (χ3v) is 13.3. The number of rotatable bonds is 6. The number of urea groups is 1. The Morgan fingerprint density at radius 2 is 1.33 bits per heavy atom. The van der Waals surface area contributed by atoms with Crippen LogP contribution in [0.4, 0.5) is 30.6 Å². The number of anilines is 3. The summed E-state index contributed by atoms with van der Waals surface area (Å²) in [6.07, 6.45) is 6.07. The first-order chi connectivity index (χ1) is 25.7. The molecule has 0 aliphatic carbocycles. The van der Waals surface area contributed by atoms with E-state index in [0.29, 0.717) is 37.4 Å². The molecule has 2 unspecified atom stereocenters. The Morgan fingerprint density at radius 1 is 0.796 bits per heavy atom. The molecule has 6 heterocycles. The van der Waals surface area contributed by atoms with Crippen molar-refractivity contribution in [3.63, 3.8) is 0 Å². The number of nitrogens with two attached hydrogens (primary N) is 1. The summed E-state index contributed by atoms with van der Waals surface area (Å²) in [6.45, 7) is 3.37. The van der Waals surface area contributed by atoms with E-state index in [0.717, 1.165) is 13.2 Å². The molecule has 2 aromatic carbocycles. The van der Waals surface area contributed by atoms with E-state index in [-0.39, 0.29) is 54.5 Å². The van der Waals surface area contributed by atoms with E-state index in [1.165, 1.54) is 72.7 Å². The highest BCUT2D eigenvalue weighted by molar-refractivity contribution is 7.87. The number of benzene rings is 2. The fraction of sp³-hybridized carbons (Fsp3) is 0.471. The van der Waals surface area contributed by atoms with E-state index >= 15 is 0 Å². The van der Waals surface area contributed by atoms with Gasteiger partial charge in [-0.15, -0.1) is 0 Å². The number of ether oxygens (including phenoxy) is 3. The van der Waals surface area contributed by atoms with Crippen LogP contribution >= 0.6 is 0 Å². The molecule has 16 nitrogen and oxygen atoms in total. The molecule has 5 fully saturated rings. The maximum atomic E-state index is 14.0. The second-order valence-electron chi connectivity index (χ2n) is 13.5. The van der Waals surface area contributed by atoms with Crippen LogP contribution in [0, 0.1) is 11.6 Å². The molecule has 20 heteroatoms. The molecule has 4 N–H and O–H groups in total. The van der Waals surface area contributed by atoms with Crippen LogP contribution in [0.1, 0.15) is 25.7 Å². The molecule has 294 valence electrons. The van der Waals surface area contributed by atoms with E-state index in [4.69, 9.17) is 19.9 Å². The highest BCUT2D eigenvalue weighted by Gasteiger charge is 2.49. The van der Waals surface area contributed by atoms with Gasteiger partial charge in [-0.2, -0.15) is 34.1 Å². The van der Waals surface area contributed by atoms with Gasteiger partial charge in [-0.25, -0.2) is 13.6 Å². The minimum Gasteiger partial charge on any atom is -0.489 e. The number of hydrogen-bond donors (Lipinski definition) is 3. The molecule has 1 aromatic heterocycles. The zero-order valence-electron chi connectivity index (χ0n) is 29.8. The zero-order valence-corrected chi connectivity index (χ0v) is 31.4.